The maximum absolute atomic E-state index is 6.02. The van der Waals surface area contributed by atoms with Crippen molar-refractivity contribution >= 4 is 39.1 Å². The molecule has 0 unspecified atom stereocenters. The molecule has 92 valence electrons. The van der Waals surface area contributed by atoms with Crippen LogP contribution >= 0.6 is 39.1 Å². The first-order chi connectivity index (χ1) is 7.90. The highest BCUT2D eigenvalue weighted by Gasteiger charge is 2.02. The van der Waals surface area contributed by atoms with Crippen molar-refractivity contribution < 1.29 is 0 Å². The summed E-state index contributed by atoms with van der Waals surface area (Å²) in [6.07, 6.45) is 2.66. The number of nitrogens with two attached hydrogens (primary N) is 1. The van der Waals surface area contributed by atoms with Gasteiger partial charge in [-0.05, 0) is 47.7 Å². The third-order valence-electron chi connectivity index (χ3n) is 2.30. The molecule has 1 aromatic rings. The molecule has 0 atom stereocenters. The molecule has 0 heterocycles. The van der Waals surface area contributed by atoms with E-state index in [-0.39, 0.29) is 0 Å². The van der Waals surface area contributed by atoms with Gasteiger partial charge in [0.25, 0.3) is 0 Å². The molecule has 0 amide bonds. The molecular weight excluding hydrogens is 321 g/mol. The van der Waals surface area contributed by atoms with Crippen LogP contribution in [-0.4, -0.2) is 0 Å². The van der Waals surface area contributed by atoms with Gasteiger partial charge in [0.15, 0.2) is 0 Å². The van der Waals surface area contributed by atoms with E-state index in [2.05, 4.69) is 15.9 Å². The van der Waals surface area contributed by atoms with E-state index < -0.39 is 0 Å². The van der Waals surface area contributed by atoms with Gasteiger partial charge in [-0.15, -0.1) is 0 Å². The molecule has 0 saturated carbocycles. The average Bonchev–Trinajstić information content (AvgIpc) is 2.22. The Kier molecular flexibility index (Phi) is 5.57. The molecule has 0 aliphatic heterocycles. The van der Waals surface area contributed by atoms with Crippen LogP contribution in [0.15, 0.2) is 40.0 Å². The minimum atomic E-state index is 0.557. The van der Waals surface area contributed by atoms with Crippen molar-refractivity contribution in [2.24, 2.45) is 5.73 Å². The number of allylic oxidation sites excluding steroid dienone is 4. The van der Waals surface area contributed by atoms with Gasteiger partial charge in [-0.3, -0.25) is 0 Å². The average molecular weight is 335 g/mol. The standard InChI is InChI=1S/C13H14BrCl2N/c1-8(5-9(2)14)13(17)7-10-3-4-11(15)12(16)6-10/h3-6H,7,17H2,1-2H3/b9-5+,13-8-. The van der Waals surface area contributed by atoms with Crippen molar-refractivity contribution in [3.8, 4) is 0 Å². The zero-order valence-corrected chi connectivity index (χ0v) is 12.8. The Morgan fingerprint density at radius 2 is 1.94 bits per heavy atom. The lowest BCUT2D eigenvalue weighted by Crippen LogP contribution is -2.04. The Morgan fingerprint density at radius 1 is 1.29 bits per heavy atom. The summed E-state index contributed by atoms with van der Waals surface area (Å²) in [5.41, 5.74) is 8.94. The van der Waals surface area contributed by atoms with Gasteiger partial charge in [-0.1, -0.05) is 45.2 Å². The molecule has 0 fully saturated rings. The fourth-order valence-electron chi connectivity index (χ4n) is 1.40. The van der Waals surface area contributed by atoms with Crippen LogP contribution in [0.3, 0.4) is 0 Å². The molecule has 2 N–H and O–H groups in total. The molecule has 0 spiro atoms. The number of hydrogen-bond acceptors (Lipinski definition) is 1. The fraction of sp³-hybridized carbons (Fsp3) is 0.231. The molecule has 1 rings (SSSR count). The summed E-state index contributed by atoms with van der Waals surface area (Å²) in [7, 11) is 0. The van der Waals surface area contributed by atoms with Crippen LogP contribution in [0.1, 0.15) is 19.4 Å². The Hall–Kier alpha value is -0.440. The minimum absolute atomic E-state index is 0.557. The van der Waals surface area contributed by atoms with Crippen molar-refractivity contribution in [3.63, 3.8) is 0 Å². The Labute approximate surface area is 120 Å². The van der Waals surface area contributed by atoms with Gasteiger partial charge in [0.1, 0.15) is 0 Å². The van der Waals surface area contributed by atoms with Crippen molar-refractivity contribution in [1.82, 2.24) is 0 Å². The van der Waals surface area contributed by atoms with Crippen molar-refractivity contribution in [2.75, 3.05) is 0 Å². The van der Waals surface area contributed by atoms with Crippen molar-refractivity contribution in [1.29, 1.82) is 0 Å². The molecule has 0 bridgehead atoms. The molecular formula is C13H14BrCl2N. The first-order valence-corrected chi connectivity index (χ1v) is 6.68. The molecule has 0 radical (unpaired) electrons. The normalized spacial score (nSPS) is 13.6. The van der Waals surface area contributed by atoms with Crippen molar-refractivity contribution in [2.45, 2.75) is 20.3 Å². The smallest absolute Gasteiger partial charge is 0.0595 e. The summed E-state index contributed by atoms with van der Waals surface area (Å²) in [6.45, 7) is 3.95. The second kappa shape index (κ2) is 6.48. The lowest BCUT2D eigenvalue weighted by molar-refractivity contribution is 1.08. The third kappa shape index (κ3) is 4.74. The summed E-state index contributed by atoms with van der Waals surface area (Å²) in [4.78, 5) is 0. The second-order valence-electron chi connectivity index (χ2n) is 3.86. The predicted molar refractivity (Wildman–Crippen MR) is 79.7 cm³/mol. The maximum Gasteiger partial charge on any atom is 0.0595 e. The van der Waals surface area contributed by atoms with Gasteiger partial charge in [-0.25, -0.2) is 0 Å². The molecule has 0 aromatic heterocycles. The SMILES string of the molecule is CC(/C=C(\C)Br)=C(/N)Cc1ccc(Cl)c(Cl)c1. The van der Waals surface area contributed by atoms with Crippen LogP contribution in [0, 0.1) is 0 Å². The van der Waals surface area contributed by atoms with Crippen LogP contribution in [0.2, 0.25) is 10.0 Å². The van der Waals surface area contributed by atoms with E-state index in [4.69, 9.17) is 28.9 Å². The predicted octanol–water partition coefficient (Wildman–Crippen LogP) is 5.07. The number of benzene rings is 1. The molecule has 17 heavy (non-hydrogen) atoms. The van der Waals surface area contributed by atoms with E-state index in [0.717, 1.165) is 21.3 Å². The Morgan fingerprint density at radius 3 is 2.47 bits per heavy atom. The van der Waals surface area contributed by atoms with Crippen LogP contribution in [0.25, 0.3) is 0 Å². The lowest BCUT2D eigenvalue weighted by atomic mass is 10.1. The molecule has 1 nitrogen and oxygen atoms in total. The van der Waals surface area contributed by atoms with E-state index in [1.54, 1.807) is 6.07 Å². The molecule has 4 heteroatoms. The van der Waals surface area contributed by atoms with E-state index in [1.165, 1.54) is 0 Å². The summed E-state index contributed by atoms with van der Waals surface area (Å²) in [5, 5.41) is 1.12. The Balaban J connectivity index is 2.91. The highest BCUT2D eigenvalue weighted by molar-refractivity contribution is 9.11. The van der Waals surface area contributed by atoms with Crippen LogP contribution in [-0.2, 0) is 6.42 Å². The molecule has 1 aromatic carbocycles. The molecule has 0 aliphatic carbocycles. The quantitative estimate of drug-likeness (QED) is 0.767. The van der Waals surface area contributed by atoms with Gasteiger partial charge in [0.2, 0.25) is 0 Å². The minimum Gasteiger partial charge on any atom is -0.402 e. The third-order valence-corrected chi connectivity index (χ3v) is 3.27. The zero-order chi connectivity index (χ0) is 13.0. The summed E-state index contributed by atoms with van der Waals surface area (Å²) >= 11 is 15.2. The number of halogens is 3. The van der Waals surface area contributed by atoms with E-state index >= 15 is 0 Å². The topological polar surface area (TPSA) is 26.0 Å². The second-order valence-corrected chi connectivity index (χ2v) is 5.93. The van der Waals surface area contributed by atoms with E-state index in [1.807, 2.05) is 32.1 Å². The summed E-state index contributed by atoms with van der Waals surface area (Å²) in [6, 6.07) is 5.56. The summed E-state index contributed by atoms with van der Waals surface area (Å²) < 4.78 is 1.05. The molecule has 0 aliphatic rings. The van der Waals surface area contributed by atoms with Crippen LogP contribution < -0.4 is 5.73 Å². The van der Waals surface area contributed by atoms with Crippen LogP contribution in [0.4, 0.5) is 0 Å². The monoisotopic (exact) mass is 333 g/mol. The van der Waals surface area contributed by atoms with Gasteiger partial charge in [0.05, 0.1) is 10.0 Å². The first-order valence-electron chi connectivity index (χ1n) is 5.13. The number of hydrogen-bond donors (Lipinski definition) is 1. The summed E-state index contributed by atoms with van der Waals surface area (Å²) in [5.74, 6) is 0. The van der Waals surface area contributed by atoms with Gasteiger partial charge in [0, 0.05) is 12.1 Å². The number of rotatable bonds is 3. The van der Waals surface area contributed by atoms with Gasteiger partial charge < -0.3 is 5.73 Å². The van der Waals surface area contributed by atoms with Gasteiger partial charge in [-0.2, -0.15) is 0 Å². The largest absolute Gasteiger partial charge is 0.402 e. The molecule has 0 saturated heterocycles. The van der Waals surface area contributed by atoms with Crippen molar-refractivity contribution in [3.05, 3.63) is 55.6 Å². The first kappa shape index (κ1) is 14.6. The van der Waals surface area contributed by atoms with Crippen LogP contribution in [0.5, 0.6) is 0 Å². The lowest BCUT2D eigenvalue weighted by Gasteiger charge is -2.06. The van der Waals surface area contributed by atoms with E-state index in [9.17, 15) is 0 Å². The van der Waals surface area contributed by atoms with Gasteiger partial charge >= 0.3 is 0 Å². The fourth-order valence-corrected chi connectivity index (χ4v) is 2.06. The maximum atomic E-state index is 6.02. The highest BCUT2D eigenvalue weighted by Crippen LogP contribution is 2.23. The highest BCUT2D eigenvalue weighted by atomic mass is 79.9. The Bertz CT molecular complexity index is 474. The van der Waals surface area contributed by atoms with E-state index in [0.29, 0.717) is 16.5 Å². The zero-order valence-electron chi connectivity index (χ0n) is 9.73.